The van der Waals surface area contributed by atoms with E-state index in [0.29, 0.717) is 29.7 Å². The van der Waals surface area contributed by atoms with Gasteiger partial charge in [0.1, 0.15) is 0 Å². The third kappa shape index (κ3) is 4.39. The third-order valence-electron chi connectivity index (χ3n) is 5.37. The van der Waals surface area contributed by atoms with Gasteiger partial charge in [-0.1, -0.05) is 61.5 Å². The number of carbonyl (C=O) groups is 1. The van der Waals surface area contributed by atoms with Crippen molar-refractivity contribution in [3.05, 3.63) is 111 Å². The summed E-state index contributed by atoms with van der Waals surface area (Å²) in [5.74, 6) is -0.0484. The van der Waals surface area contributed by atoms with Crippen molar-refractivity contribution >= 4 is 16.8 Å². The first-order chi connectivity index (χ1) is 15.6. The molecule has 4 rings (SSSR count). The molecule has 6 heteroatoms. The van der Waals surface area contributed by atoms with Crippen molar-refractivity contribution in [2.45, 2.75) is 26.3 Å². The van der Waals surface area contributed by atoms with E-state index in [1.54, 1.807) is 47.0 Å². The quantitative estimate of drug-likeness (QED) is 0.492. The van der Waals surface area contributed by atoms with Crippen LogP contribution < -0.4 is 16.6 Å². The van der Waals surface area contributed by atoms with Crippen molar-refractivity contribution in [2.75, 3.05) is 6.54 Å². The van der Waals surface area contributed by atoms with Crippen LogP contribution in [0.1, 0.15) is 24.5 Å². The molecule has 0 aliphatic heterocycles. The van der Waals surface area contributed by atoms with Crippen LogP contribution in [0.3, 0.4) is 0 Å². The molecule has 0 spiro atoms. The van der Waals surface area contributed by atoms with E-state index in [-0.39, 0.29) is 17.9 Å². The first-order valence-electron chi connectivity index (χ1n) is 10.7. The van der Waals surface area contributed by atoms with Gasteiger partial charge in [0.05, 0.1) is 29.6 Å². The molecule has 0 aliphatic carbocycles. The molecule has 1 amide bonds. The Morgan fingerprint density at radius 1 is 0.844 bits per heavy atom. The minimum atomic E-state index is -0.397. The van der Waals surface area contributed by atoms with Crippen LogP contribution in [0.2, 0.25) is 0 Å². The van der Waals surface area contributed by atoms with Gasteiger partial charge < -0.3 is 5.32 Å². The molecule has 0 bridgehead atoms. The van der Waals surface area contributed by atoms with Crippen LogP contribution >= 0.6 is 0 Å². The number of hydrogen-bond donors (Lipinski definition) is 1. The monoisotopic (exact) mass is 427 g/mol. The molecule has 0 saturated carbocycles. The Hall–Kier alpha value is -3.93. The van der Waals surface area contributed by atoms with Crippen LogP contribution in [-0.4, -0.2) is 21.6 Å². The Labute approximate surface area is 185 Å². The molecule has 0 aliphatic rings. The first kappa shape index (κ1) is 21.3. The molecular formula is C26H25N3O3. The molecule has 1 heterocycles. The topological polar surface area (TPSA) is 73.1 Å². The van der Waals surface area contributed by atoms with E-state index in [2.05, 4.69) is 5.32 Å². The van der Waals surface area contributed by atoms with Gasteiger partial charge >= 0.3 is 5.69 Å². The number of benzene rings is 3. The van der Waals surface area contributed by atoms with Crippen LogP contribution in [0.5, 0.6) is 0 Å². The molecular weight excluding hydrogens is 402 g/mol. The summed E-state index contributed by atoms with van der Waals surface area (Å²) in [5, 5.41) is 3.33. The lowest BCUT2D eigenvalue weighted by Gasteiger charge is -2.14. The number of fused-ring (bicyclic) bond motifs is 1. The highest BCUT2D eigenvalue weighted by Crippen LogP contribution is 2.13. The average molecular weight is 428 g/mol. The molecule has 32 heavy (non-hydrogen) atoms. The van der Waals surface area contributed by atoms with Gasteiger partial charge in [-0.25, -0.2) is 9.36 Å². The number of nitrogens with one attached hydrogen (secondary N) is 1. The fourth-order valence-electron chi connectivity index (χ4n) is 3.74. The second-order valence-corrected chi connectivity index (χ2v) is 7.71. The maximum atomic E-state index is 13.5. The number of hydrogen-bond acceptors (Lipinski definition) is 3. The second-order valence-electron chi connectivity index (χ2n) is 7.71. The van der Waals surface area contributed by atoms with Crippen LogP contribution in [-0.2, 0) is 17.8 Å². The number of nitrogens with zero attached hydrogens (tertiary/aromatic N) is 2. The van der Waals surface area contributed by atoms with Crippen LogP contribution in [0.4, 0.5) is 0 Å². The van der Waals surface area contributed by atoms with E-state index in [1.165, 1.54) is 4.57 Å². The van der Waals surface area contributed by atoms with Crippen molar-refractivity contribution in [2.24, 2.45) is 0 Å². The van der Waals surface area contributed by atoms with E-state index in [9.17, 15) is 14.4 Å². The van der Waals surface area contributed by atoms with Gasteiger partial charge in [-0.15, -0.1) is 0 Å². The number of aromatic nitrogens is 2. The summed E-state index contributed by atoms with van der Waals surface area (Å²) in [6.45, 7) is 3.00. The summed E-state index contributed by atoms with van der Waals surface area (Å²) in [4.78, 5) is 38.7. The van der Waals surface area contributed by atoms with E-state index >= 15 is 0 Å². The maximum Gasteiger partial charge on any atom is 0.336 e. The highest BCUT2D eigenvalue weighted by Gasteiger charge is 2.15. The van der Waals surface area contributed by atoms with E-state index in [1.807, 2.05) is 43.3 Å². The molecule has 1 aromatic heterocycles. The Morgan fingerprint density at radius 2 is 1.53 bits per heavy atom. The van der Waals surface area contributed by atoms with Gasteiger partial charge in [-0.3, -0.25) is 14.2 Å². The van der Waals surface area contributed by atoms with E-state index in [4.69, 9.17) is 0 Å². The van der Waals surface area contributed by atoms with Crippen molar-refractivity contribution in [1.29, 1.82) is 0 Å². The molecule has 0 unspecified atom stereocenters. The molecule has 1 N–H and O–H groups in total. The molecule has 6 nitrogen and oxygen atoms in total. The van der Waals surface area contributed by atoms with Gasteiger partial charge in [0.2, 0.25) is 5.91 Å². The lowest BCUT2D eigenvalue weighted by Crippen LogP contribution is -2.39. The van der Waals surface area contributed by atoms with Gasteiger partial charge in [0.25, 0.3) is 5.56 Å². The van der Waals surface area contributed by atoms with Crippen molar-refractivity contribution in [3.8, 4) is 5.69 Å². The lowest BCUT2D eigenvalue weighted by molar-refractivity contribution is -0.120. The molecule has 162 valence electrons. The summed E-state index contributed by atoms with van der Waals surface area (Å²) >= 11 is 0. The number of rotatable bonds is 7. The Balaban J connectivity index is 1.77. The van der Waals surface area contributed by atoms with Crippen molar-refractivity contribution in [3.63, 3.8) is 0 Å². The summed E-state index contributed by atoms with van der Waals surface area (Å²) in [6.07, 6.45) is 1.13. The van der Waals surface area contributed by atoms with Gasteiger partial charge in [-0.2, -0.15) is 0 Å². The first-order valence-corrected chi connectivity index (χ1v) is 10.7. The summed E-state index contributed by atoms with van der Waals surface area (Å²) < 4.78 is 2.82. The van der Waals surface area contributed by atoms with Crippen LogP contribution in [0.15, 0.2) is 88.5 Å². The fraction of sp³-hybridized carbons (Fsp3) is 0.192. The zero-order chi connectivity index (χ0) is 22.5. The van der Waals surface area contributed by atoms with E-state index in [0.717, 1.165) is 17.5 Å². The summed E-state index contributed by atoms with van der Waals surface area (Å²) in [6, 6.07) is 23.8. The minimum absolute atomic E-state index is 0.0484. The summed E-state index contributed by atoms with van der Waals surface area (Å²) in [5.41, 5.74) is 2.12. The SMILES string of the molecule is CCCNC(=O)Cc1ccc(-n2c(=O)c3ccccc3n(Cc3ccccc3)c2=O)cc1. The smallest absolute Gasteiger partial charge is 0.336 e. The lowest BCUT2D eigenvalue weighted by atomic mass is 10.1. The minimum Gasteiger partial charge on any atom is -0.356 e. The van der Waals surface area contributed by atoms with E-state index < -0.39 is 5.69 Å². The van der Waals surface area contributed by atoms with Gasteiger partial charge in [0, 0.05) is 6.54 Å². The standard InChI is InChI=1S/C26H25N3O3/c1-2-16-27-24(30)17-19-12-14-21(15-13-19)29-25(31)22-10-6-7-11-23(22)28(26(29)32)18-20-8-4-3-5-9-20/h3-15H,2,16-18H2,1H3,(H,27,30). The van der Waals surface area contributed by atoms with Crippen LogP contribution in [0, 0.1) is 0 Å². The predicted molar refractivity (Wildman–Crippen MR) is 126 cm³/mol. The molecule has 0 radical (unpaired) electrons. The van der Waals surface area contributed by atoms with Gasteiger partial charge in [0.15, 0.2) is 0 Å². The Morgan fingerprint density at radius 3 is 2.25 bits per heavy atom. The summed E-state index contributed by atoms with van der Waals surface area (Å²) in [7, 11) is 0. The van der Waals surface area contributed by atoms with Crippen molar-refractivity contribution in [1.82, 2.24) is 14.5 Å². The molecule has 4 aromatic rings. The highest BCUT2D eigenvalue weighted by molar-refractivity contribution is 5.79. The van der Waals surface area contributed by atoms with Gasteiger partial charge in [-0.05, 0) is 41.8 Å². The molecule has 3 aromatic carbocycles. The fourth-order valence-corrected chi connectivity index (χ4v) is 3.74. The number of amides is 1. The second kappa shape index (κ2) is 9.47. The third-order valence-corrected chi connectivity index (χ3v) is 5.37. The largest absolute Gasteiger partial charge is 0.356 e. The average Bonchev–Trinajstić information content (AvgIpc) is 2.82. The zero-order valence-electron chi connectivity index (χ0n) is 18.0. The maximum absolute atomic E-state index is 13.5. The molecule has 0 atom stereocenters. The molecule has 0 fully saturated rings. The molecule has 0 saturated heterocycles. The normalized spacial score (nSPS) is 10.9. The van der Waals surface area contributed by atoms with Crippen molar-refractivity contribution < 1.29 is 4.79 Å². The zero-order valence-corrected chi connectivity index (χ0v) is 18.0. The number of para-hydroxylation sites is 1. The predicted octanol–water partition coefficient (Wildman–Crippen LogP) is 3.27. The Bertz CT molecular complexity index is 1350. The number of carbonyl (C=O) groups excluding carboxylic acids is 1. The highest BCUT2D eigenvalue weighted by atomic mass is 16.2. The van der Waals surface area contributed by atoms with Crippen LogP contribution in [0.25, 0.3) is 16.6 Å². The Kier molecular flexibility index (Phi) is 6.31.